The summed E-state index contributed by atoms with van der Waals surface area (Å²) in [5.74, 6) is 0.726. The number of hydrogen-bond acceptors (Lipinski definition) is 3. The molecule has 1 aliphatic heterocycles. The third-order valence-corrected chi connectivity index (χ3v) is 2.77. The summed E-state index contributed by atoms with van der Waals surface area (Å²) in [4.78, 5) is 16.3. The fraction of sp³-hybridized carbons (Fsp3) is 0.308. The van der Waals surface area contributed by atoms with E-state index >= 15 is 0 Å². The lowest BCUT2D eigenvalue weighted by molar-refractivity contribution is -0.162. The lowest BCUT2D eigenvalue weighted by atomic mass is 10.0. The second-order valence-corrected chi connectivity index (χ2v) is 3.77. The maximum absolute atomic E-state index is 11.5. The van der Waals surface area contributed by atoms with Crippen molar-refractivity contribution in [3.8, 4) is 5.75 Å². The molecule has 4 nitrogen and oxygen atoms in total. The highest BCUT2D eigenvalue weighted by Crippen LogP contribution is 2.28. The van der Waals surface area contributed by atoms with Crippen LogP contribution in [0, 0.1) is 0 Å². The van der Waals surface area contributed by atoms with Gasteiger partial charge in [-0.05, 0) is 17.7 Å². The van der Waals surface area contributed by atoms with Crippen molar-refractivity contribution in [1.82, 2.24) is 5.06 Å². The Hall–Kier alpha value is -1.81. The molecule has 2 rings (SSSR count). The Morgan fingerprint density at radius 2 is 2.35 bits per heavy atom. The van der Waals surface area contributed by atoms with E-state index in [1.165, 1.54) is 18.2 Å². The molecular formula is C13H15NO3. The topological polar surface area (TPSA) is 38.8 Å². The normalized spacial score (nSPS) is 13.5. The third-order valence-electron chi connectivity index (χ3n) is 2.77. The minimum atomic E-state index is -0.191. The van der Waals surface area contributed by atoms with Crippen LogP contribution in [-0.4, -0.2) is 31.7 Å². The number of benzene rings is 1. The molecule has 0 unspecified atom stereocenters. The average molecular weight is 233 g/mol. The Morgan fingerprint density at radius 1 is 1.53 bits per heavy atom. The first kappa shape index (κ1) is 11.7. The molecule has 1 amide bonds. The van der Waals surface area contributed by atoms with Crippen LogP contribution in [0.5, 0.6) is 5.75 Å². The van der Waals surface area contributed by atoms with E-state index in [4.69, 9.17) is 9.57 Å². The zero-order valence-electron chi connectivity index (χ0n) is 9.97. The number of rotatable bonds is 3. The SMILES string of the molecule is CON(C)C(=O)/C=C/c1cccc2c1CCO2. The maximum Gasteiger partial charge on any atom is 0.269 e. The molecule has 0 saturated carbocycles. The van der Waals surface area contributed by atoms with E-state index in [2.05, 4.69) is 0 Å². The second-order valence-electron chi connectivity index (χ2n) is 3.77. The lowest BCUT2D eigenvalue weighted by Crippen LogP contribution is -2.22. The van der Waals surface area contributed by atoms with Gasteiger partial charge in [-0.3, -0.25) is 9.63 Å². The molecule has 17 heavy (non-hydrogen) atoms. The molecule has 0 N–H and O–H groups in total. The van der Waals surface area contributed by atoms with Crippen LogP contribution in [-0.2, 0) is 16.1 Å². The molecule has 0 fully saturated rings. The van der Waals surface area contributed by atoms with Gasteiger partial charge in [0.25, 0.3) is 5.91 Å². The summed E-state index contributed by atoms with van der Waals surface area (Å²) in [6.07, 6.45) is 4.19. The van der Waals surface area contributed by atoms with Gasteiger partial charge in [0.2, 0.25) is 0 Å². The van der Waals surface area contributed by atoms with Gasteiger partial charge >= 0.3 is 0 Å². The van der Waals surface area contributed by atoms with Gasteiger partial charge in [-0.25, -0.2) is 5.06 Å². The highest BCUT2D eigenvalue weighted by atomic mass is 16.7. The molecule has 1 heterocycles. The number of likely N-dealkylation sites (N-methyl/N-ethyl adjacent to an activating group) is 1. The van der Waals surface area contributed by atoms with Crippen molar-refractivity contribution in [2.24, 2.45) is 0 Å². The molecule has 0 bridgehead atoms. The molecule has 4 heteroatoms. The predicted octanol–water partition coefficient (Wildman–Crippen LogP) is 1.65. The average Bonchev–Trinajstić information content (AvgIpc) is 2.83. The first-order valence-electron chi connectivity index (χ1n) is 5.47. The zero-order chi connectivity index (χ0) is 12.3. The summed E-state index contributed by atoms with van der Waals surface area (Å²) in [5.41, 5.74) is 2.19. The number of ether oxygens (including phenoxy) is 1. The maximum atomic E-state index is 11.5. The van der Waals surface area contributed by atoms with Gasteiger partial charge in [-0.15, -0.1) is 0 Å². The summed E-state index contributed by atoms with van der Waals surface area (Å²) in [6.45, 7) is 0.714. The van der Waals surface area contributed by atoms with E-state index in [1.54, 1.807) is 13.1 Å². The Morgan fingerprint density at radius 3 is 3.12 bits per heavy atom. The Kier molecular flexibility index (Phi) is 3.44. The van der Waals surface area contributed by atoms with Crippen LogP contribution >= 0.6 is 0 Å². The summed E-state index contributed by atoms with van der Waals surface area (Å²) in [7, 11) is 3.03. The van der Waals surface area contributed by atoms with E-state index in [1.807, 2.05) is 18.2 Å². The summed E-state index contributed by atoms with van der Waals surface area (Å²) in [6, 6.07) is 5.85. The first-order valence-corrected chi connectivity index (χ1v) is 5.47. The molecule has 0 saturated heterocycles. The summed E-state index contributed by atoms with van der Waals surface area (Å²) >= 11 is 0. The number of fused-ring (bicyclic) bond motifs is 1. The van der Waals surface area contributed by atoms with E-state index in [-0.39, 0.29) is 5.91 Å². The third kappa shape index (κ3) is 2.47. The number of nitrogens with zero attached hydrogens (tertiary/aromatic N) is 1. The van der Waals surface area contributed by atoms with Gasteiger partial charge in [0, 0.05) is 25.1 Å². The fourth-order valence-corrected chi connectivity index (χ4v) is 1.76. The van der Waals surface area contributed by atoms with Crippen LogP contribution in [0.15, 0.2) is 24.3 Å². The number of hydroxylamine groups is 2. The number of carbonyl (C=O) groups excluding carboxylic acids is 1. The number of hydrogen-bond donors (Lipinski definition) is 0. The number of carbonyl (C=O) groups is 1. The van der Waals surface area contributed by atoms with Gasteiger partial charge in [0.05, 0.1) is 13.7 Å². The molecule has 0 atom stereocenters. The highest BCUT2D eigenvalue weighted by Gasteiger charge is 2.14. The second kappa shape index (κ2) is 5.01. The molecule has 90 valence electrons. The van der Waals surface area contributed by atoms with E-state index < -0.39 is 0 Å². The minimum Gasteiger partial charge on any atom is -0.493 e. The standard InChI is InChI=1S/C13H15NO3/c1-14(16-2)13(15)7-6-10-4-3-5-12-11(10)8-9-17-12/h3-7H,8-9H2,1-2H3/b7-6+. The van der Waals surface area contributed by atoms with Crippen LogP contribution < -0.4 is 4.74 Å². The molecule has 0 spiro atoms. The smallest absolute Gasteiger partial charge is 0.269 e. The predicted molar refractivity (Wildman–Crippen MR) is 64.5 cm³/mol. The Balaban J connectivity index is 2.17. The molecule has 1 aromatic rings. The van der Waals surface area contributed by atoms with Crippen molar-refractivity contribution in [2.45, 2.75) is 6.42 Å². The molecule has 1 aliphatic rings. The fourth-order valence-electron chi connectivity index (χ4n) is 1.76. The van der Waals surface area contributed by atoms with Crippen LogP contribution in [0.4, 0.5) is 0 Å². The van der Waals surface area contributed by atoms with Crippen molar-refractivity contribution < 1.29 is 14.4 Å². The summed E-state index contributed by atoms with van der Waals surface area (Å²) < 4.78 is 5.46. The number of amides is 1. The van der Waals surface area contributed by atoms with Crippen molar-refractivity contribution >= 4 is 12.0 Å². The van der Waals surface area contributed by atoms with Crippen LogP contribution in [0.25, 0.3) is 6.08 Å². The minimum absolute atomic E-state index is 0.191. The molecule has 1 aromatic carbocycles. The van der Waals surface area contributed by atoms with Gasteiger partial charge in [-0.1, -0.05) is 12.1 Å². The quantitative estimate of drug-likeness (QED) is 0.588. The van der Waals surface area contributed by atoms with Gasteiger partial charge < -0.3 is 4.74 Å². The molecule has 0 aromatic heterocycles. The van der Waals surface area contributed by atoms with Crippen LogP contribution in [0.1, 0.15) is 11.1 Å². The Bertz CT molecular complexity index is 454. The van der Waals surface area contributed by atoms with E-state index in [0.717, 1.165) is 23.3 Å². The van der Waals surface area contributed by atoms with Crippen LogP contribution in [0.2, 0.25) is 0 Å². The van der Waals surface area contributed by atoms with Crippen molar-refractivity contribution in [1.29, 1.82) is 0 Å². The van der Waals surface area contributed by atoms with Crippen molar-refractivity contribution in [3.05, 3.63) is 35.4 Å². The van der Waals surface area contributed by atoms with Crippen molar-refractivity contribution in [3.63, 3.8) is 0 Å². The van der Waals surface area contributed by atoms with Gasteiger partial charge in [0.15, 0.2) is 0 Å². The van der Waals surface area contributed by atoms with Gasteiger partial charge in [0.1, 0.15) is 5.75 Å². The molecule has 0 aliphatic carbocycles. The Labute approximate surface area is 100 Å². The highest BCUT2D eigenvalue weighted by molar-refractivity contribution is 5.91. The first-order chi connectivity index (χ1) is 8.22. The lowest BCUT2D eigenvalue weighted by Gasteiger charge is -2.10. The van der Waals surface area contributed by atoms with E-state index in [9.17, 15) is 4.79 Å². The van der Waals surface area contributed by atoms with Crippen LogP contribution in [0.3, 0.4) is 0 Å². The molecule has 0 radical (unpaired) electrons. The molecular weight excluding hydrogens is 218 g/mol. The van der Waals surface area contributed by atoms with E-state index in [0.29, 0.717) is 6.61 Å². The van der Waals surface area contributed by atoms with Gasteiger partial charge in [-0.2, -0.15) is 0 Å². The largest absolute Gasteiger partial charge is 0.493 e. The monoisotopic (exact) mass is 233 g/mol. The summed E-state index contributed by atoms with van der Waals surface area (Å²) in [5, 5.41) is 1.18. The zero-order valence-corrected chi connectivity index (χ0v) is 9.97. The van der Waals surface area contributed by atoms with Crippen molar-refractivity contribution in [2.75, 3.05) is 20.8 Å².